The van der Waals surface area contributed by atoms with Crippen molar-refractivity contribution < 1.29 is 19.1 Å². The highest BCUT2D eigenvalue weighted by molar-refractivity contribution is 5.88. The molecule has 0 saturated heterocycles. The first-order valence-electron chi connectivity index (χ1n) is 15.0. The van der Waals surface area contributed by atoms with E-state index in [0.29, 0.717) is 44.1 Å². The lowest BCUT2D eigenvalue weighted by atomic mass is 10.00. The lowest BCUT2D eigenvalue weighted by molar-refractivity contribution is -0.141. The topological polar surface area (TPSA) is 67.9 Å². The number of carbonyl (C=O) groups excluding carboxylic acids is 2. The second kappa shape index (κ2) is 15.3. The SMILES string of the molecule is CCOc1ccc(CCC(=O)N(Cc2ccccc2C)[C@@H](Cc2ccccc2)C(=O)NC2CCCC2)cc1OCC. The minimum Gasteiger partial charge on any atom is -0.490 e. The number of ether oxygens (including phenoxy) is 2. The Morgan fingerprint density at radius 3 is 2.27 bits per heavy atom. The minimum absolute atomic E-state index is 0.0393. The summed E-state index contributed by atoms with van der Waals surface area (Å²) in [4.78, 5) is 29.8. The Balaban J connectivity index is 1.60. The van der Waals surface area contributed by atoms with Crippen molar-refractivity contribution in [3.8, 4) is 11.5 Å². The van der Waals surface area contributed by atoms with Crippen LogP contribution in [0.1, 0.15) is 68.2 Å². The molecule has 6 heteroatoms. The highest BCUT2D eigenvalue weighted by atomic mass is 16.5. The molecular formula is C35H44N2O4. The number of nitrogens with one attached hydrogen (secondary N) is 1. The predicted molar refractivity (Wildman–Crippen MR) is 163 cm³/mol. The fourth-order valence-corrected chi connectivity index (χ4v) is 5.54. The normalized spacial score (nSPS) is 13.9. The summed E-state index contributed by atoms with van der Waals surface area (Å²) in [7, 11) is 0. The van der Waals surface area contributed by atoms with Gasteiger partial charge in [0.1, 0.15) is 6.04 Å². The minimum atomic E-state index is -0.607. The van der Waals surface area contributed by atoms with Crippen LogP contribution in [0, 0.1) is 6.92 Å². The van der Waals surface area contributed by atoms with Crippen molar-refractivity contribution in [1.82, 2.24) is 10.2 Å². The van der Waals surface area contributed by atoms with Crippen molar-refractivity contribution in [2.45, 2.75) is 84.3 Å². The van der Waals surface area contributed by atoms with E-state index in [2.05, 4.69) is 18.3 Å². The first-order valence-corrected chi connectivity index (χ1v) is 15.0. The van der Waals surface area contributed by atoms with Crippen LogP contribution in [0.2, 0.25) is 0 Å². The van der Waals surface area contributed by atoms with Crippen LogP contribution in [0.3, 0.4) is 0 Å². The number of aryl methyl sites for hydroxylation is 2. The van der Waals surface area contributed by atoms with Gasteiger partial charge < -0.3 is 19.7 Å². The summed E-state index contributed by atoms with van der Waals surface area (Å²) in [6, 6.07) is 23.5. The molecule has 0 aromatic heterocycles. The third-order valence-corrected chi connectivity index (χ3v) is 7.81. The van der Waals surface area contributed by atoms with Crippen molar-refractivity contribution in [2.24, 2.45) is 0 Å². The third kappa shape index (κ3) is 8.59. The van der Waals surface area contributed by atoms with E-state index in [1.807, 2.05) is 80.6 Å². The summed E-state index contributed by atoms with van der Waals surface area (Å²) in [6.07, 6.45) is 5.54. The van der Waals surface area contributed by atoms with E-state index in [9.17, 15) is 9.59 Å². The molecule has 1 atom stereocenters. The average molecular weight is 557 g/mol. The summed E-state index contributed by atoms with van der Waals surface area (Å²) >= 11 is 0. The molecule has 1 aliphatic rings. The van der Waals surface area contributed by atoms with E-state index in [1.165, 1.54) is 0 Å². The Labute approximate surface area is 245 Å². The van der Waals surface area contributed by atoms with E-state index < -0.39 is 6.04 Å². The zero-order valence-corrected chi connectivity index (χ0v) is 24.7. The van der Waals surface area contributed by atoms with E-state index in [0.717, 1.165) is 47.9 Å². The Morgan fingerprint density at radius 1 is 0.878 bits per heavy atom. The first-order chi connectivity index (χ1) is 20.0. The summed E-state index contributed by atoms with van der Waals surface area (Å²) in [6.45, 7) is 7.41. The maximum atomic E-state index is 14.1. The summed E-state index contributed by atoms with van der Waals surface area (Å²) in [5.41, 5.74) is 4.19. The smallest absolute Gasteiger partial charge is 0.243 e. The molecule has 0 spiro atoms. The van der Waals surface area contributed by atoms with Crippen LogP contribution in [-0.4, -0.2) is 42.0 Å². The summed E-state index contributed by atoms with van der Waals surface area (Å²) in [5.74, 6) is 1.29. The maximum Gasteiger partial charge on any atom is 0.243 e. The summed E-state index contributed by atoms with van der Waals surface area (Å²) in [5, 5.41) is 3.29. The quantitative estimate of drug-likeness (QED) is 0.249. The molecule has 0 radical (unpaired) electrons. The highest BCUT2D eigenvalue weighted by Crippen LogP contribution is 2.29. The van der Waals surface area contributed by atoms with Crippen LogP contribution < -0.4 is 14.8 Å². The molecule has 0 bridgehead atoms. The molecule has 0 heterocycles. The predicted octanol–water partition coefficient (Wildman–Crippen LogP) is 6.42. The van der Waals surface area contributed by atoms with Crippen molar-refractivity contribution >= 4 is 11.8 Å². The first kappa shape index (κ1) is 30.2. The zero-order valence-electron chi connectivity index (χ0n) is 24.7. The van der Waals surface area contributed by atoms with Gasteiger partial charge in [-0.25, -0.2) is 0 Å². The fourth-order valence-electron chi connectivity index (χ4n) is 5.54. The second-order valence-electron chi connectivity index (χ2n) is 10.8. The van der Waals surface area contributed by atoms with E-state index in [-0.39, 0.29) is 24.3 Å². The zero-order chi connectivity index (χ0) is 29.0. The van der Waals surface area contributed by atoms with Gasteiger partial charge in [0.15, 0.2) is 11.5 Å². The van der Waals surface area contributed by atoms with Gasteiger partial charge in [-0.15, -0.1) is 0 Å². The van der Waals surface area contributed by atoms with Crippen LogP contribution in [0.4, 0.5) is 0 Å². The lowest BCUT2D eigenvalue weighted by Crippen LogP contribution is -2.52. The molecule has 1 fully saturated rings. The fraction of sp³-hybridized carbons (Fsp3) is 0.429. The Morgan fingerprint density at radius 2 is 1.56 bits per heavy atom. The standard InChI is InChI=1S/C35H44N2O4/c1-4-40-32-21-19-28(24-33(32)41-5-2)20-22-34(38)37(25-29-16-10-9-13-26(29)3)31(23-27-14-7-6-8-15-27)35(39)36-30-17-11-12-18-30/h6-10,13-16,19,21,24,30-31H,4-5,11-12,17-18,20,22-23,25H2,1-3H3,(H,36,39)/t31-/m0/s1. The molecular weight excluding hydrogens is 512 g/mol. The lowest BCUT2D eigenvalue weighted by Gasteiger charge is -2.33. The molecule has 1 N–H and O–H groups in total. The number of hydrogen-bond donors (Lipinski definition) is 1. The van der Waals surface area contributed by atoms with Gasteiger partial charge in [0.05, 0.1) is 13.2 Å². The van der Waals surface area contributed by atoms with Gasteiger partial charge in [0, 0.05) is 25.4 Å². The molecule has 4 rings (SSSR count). The van der Waals surface area contributed by atoms with Gasteiger partial charge in [-0.2, -0.15) is 0 Å². The second-order valence-corrected chi connectivity index (χ2v) is 10.8. The Hall–Kier alpha value is -3.80. The van der Waals surface area contributed by atoms with Gasteiger partial charge in [-0.1, -0.05) is 73.5 Å². The van der Waals surface area contributed by atoms with Gasteiger partial charge in [-0.3, -0.25) is 9.59 Å². The summed E-state index contributed by atoms with van der Waals surface area (Å²) < 4.78 is 11.5. The van der Waals surface area contributed by atoms with E-state index in [1.54, 1.807) is 4.90 Å². The Bertz CT molecular complexity index is 1270. The van der Waals surface area contributed by atoms with Crippen molar-refractivity contribution in [3.63, 3.8) is 0 Å². The van der Waals surface area contributed by atoms with Crippen molar-refractivity contribution in [2.75, 3.05) is 13.2 Å². The average Bonchev–Trinajstić information content (AvgIpc) is 3.49. The van der Waals surface area contributed by atoms with Gasteiger partial charge in [-0.05, 0) is 74.4 Å². The maximum absolute atomic E-state index is 14.1. The molecule has 1 aliphatic carbocycles. The monoisotopic (exact) mass is 556 g/mol. The molecule has 218 valence electrons. The molecule has 0 unspecified atom stereocenters. The molecule has 3 aromatic carbocycles. The number of amides is 2. The molecule has 2 amide bonds. The van der Waals surface area contributed by atoms with Crippen LogP contribution in [-0.2, 0) is 29.0 Å². The molecule has 0 aliphatic heterocycles. The van der Waals surface area contributed by atoms with Gasteiger partial charge in [0.25, 0.3) is 0 Å². The van der Waals surface area contributed by atoms with Gasteiger partial charge >= 0.3 is 0 Å². The number of rotatable bonds is 14. The molecule has 3 aromatic rings. The van der Waals surface area contributed by atoms with Crippen LogP contribution in [0.15, 0.2) is 72.8 Å². The van der Waals surface area contributed by atoms with E-state index in [4.69, 9.17) is 9.47 Å². The largest absolute Gasteiger partial charge is 0.490 e. The number of benzene rings is 3. The third-order valence-electron chi connectivity index (χ3n) is 7.81. The van der Waals surface area contributed by atoms with Crippen LogP contribution >= 0.6 is 0 Å². The molecule has 6 nitrogen and oxygen atoms in total. The van der Waals surface area contributed by atoms with Crippen molar-refractivity contribution in [1.29, 1.82) is 0 Å². The van der Waals surface area contributed by atoms with Crippen molar-refractivity contribution in [3.05, 3.63) is 95.1 Å². The number of carbonyl (C=O) groups is 2. The van der Waals surface area contributed by atoms with Crippen LogP contribution in [0.5, 0.6) is 11.5 Å². The molecule has 41 heavy (non-hydrogen) atoms. The van der Waals surface area contributed by atoms with Gasteiger partial charge in [0.2, 0.25) is 11.8 Å². The number of hydrogen-bond acceptors (Lipinski definition) is 4. The van der Waals surface area contributed by atoms with Crippen LogP contribution in [0.25, 0.3) is 0 Å². The van der Waals surface area contributed by atoms with E-state index >= 15 is 0 Å². The highest BCUT2D eigenvalue weighted by Gasteiger charge is 2.32. The Kier molecular flexibility index (Phi) is 11.2. The number of nitrogens with zero attached hydrogens (tertiary/aromatic N) is 1. The molecule has 1 saturated carbocycles.